The summed E-state index contributed by atoms with van der Waals surface area (Å²) in [7, 11) is 1.64. The van der Waals surface area contributed by atoms with Gasteiger partial charge in [-0.15, -0.1) is 11.3 Å². The summed E-state index contributed by atoms with van der Waals surface area (Å²) in [6.07, 6.45) is 5.06. The molecule has 0 aliphatic heterocycles. The Morgan fingerprint density at radius 1 is 1.26 bits per heavy atom. The molecule has 2 aromatic heterocycles. The van der Waals surface area contributed by atoms with Gasteiger partial charge in [-0.2, -0.15) is 0 Å². The largest absolute Gasteiger partial charge is 0.497 e. The van der Waals surface area contributed by atoms with Crippen LogP contribution in [0.1, 0.15) is 4.88 Å². The van der Waals surface area contributed by atoms with Crippen LogP contribution in [0.3, 0.4) is 0 Å². The Balaban J connectivity index is 1.65. The van der Waals surface area contributed by atoms with Gasteiger partial charge in [0.2, 0.25) is 5.91 Å². The smallest absolute Gasteiger partial charge is 0.250 e. The standard InChI is InChI=1S/C17H14N2O2S2/c1-21-13-6-4-12(5-7-13)15-11-18-17(23-15)19-16(20)9-8-14-3-2-10-22-14/h2-11H,1H3,(H,18,19,20)/b9-8+. The van der Waals surface area contributed by atoms with Gasteiger partial charge in [0.05, 0.1) is 12.0 Å². The Bertz CT molecular complexity index is 806. The third kappa shape index (κ3) is 4.06. The number of rotatable bonds is 5. The van der Waals surface area contributed by atoms with E-state index in [-0.39, 0.29) is 5.91 Å². The minimum absolute atomic E-state index is 0.186. The maximum atomic E-state index is 11.9. The van der Waals surface area contributed by atoms with Gasteiger partial charge in [-0.05, 0) is 47.4 Å². The molecule has 0 radical (unpaired) electrons. The first-order valence-corrected chi connectivity index (χ1v) is 8.57. The van der Waals surface area contributed by atoms with Gasteiger partial charge in [0.1, 0.15) is 5.75 Å². The third-order valence-corrected chi connectivity index (χ3v) is 4.85. The summed E-state index contributed by atoms with van der Waals surface area (Å²) in [6.45, 7) is 0. The molecule has 0 fully saturated rings. The van der Waals surface area contributed by atoms with Crippen molar-refractivity contribution >= 4 is 39.8 Å². The number of hydrogen-bond donors (Lipinski definition) is 1. The van der Waals surface area contributed by atoms with Crippen molar-refractivity contribution in [3.05, 3.63) is 58.9 Å². The number of hydrogen-bond acceptors (Lipinski definition) is 5. The fourth-order valence-corrected chi connectivity index (χ4v) is 3.35. The predicted octanol–water partition coefficient (Wildman–Crippen LogP) is 4.53. The fourth-order valence-electron chi connectivity index (χ4n) is 1.91. The summed E-state index contributed by atoms with van der Waals surface area (Å²) < 4.78 is 5.14. The van der Waals surface area contributed by atoms with E-state index in [0.29, 0.717) is 5.13 Å². The number of nitrogens with zero attached hydrogens (tertiary/aromatic N) is 1. The molecule has 0 aliphatic carbocycles. The second-order valence-corrected chi connectivity index (χ2v) is 6.61. The molecule has 4 nitrogen and oxygen atoms in total. The highest BCUT2D eigenvalue weighted by Crippen LogP contribution is 2.30. The average molecular weight is 342 g/mol. The van der Waals surface area contributed by atoms with Crippen molar-refractivity contribution < 1.29 is 9.53 Å². The first-order chi connectivity index (χ1) is 11.2. The molecule has 0 saturated heterocycles. The number of carbonyl (C=O) groups is 1. The van der Waals surface area contributed by atoms with Crippen molar-refractivity contribution in [3.63, 3.8) is 0 Å². The summed E-state index contributed by atoms with van der Waals surface area (Å²) >= 11 is 3.02. The van der Waals surface area contributed by atoms with Crippen LogP contribution in [0.25, 0.3) is 16.5 Å². The molecule has 2 heterocycles. The molecule has 0 bridgehead atoms. The normalized spacial score (nSPS) is 10.8. The molecule has 116 valence electrons. The Hall–Kier alpha value is -2.44. The lowest BCUT2D eigenvalue weighted by Gasteiger charge is -2.00. The number of anilines is 1. The number of carbonyl (C=O) groups excluding carboxylic acids is 1. The van der Waals surface area contributed by atoms with Crippen LogP contribution in [0.2, 0.25) is 0 Å². The summed E-state index contributed by atoms with van der Waals surface area (Å²) in [5, 5.41) is 5.33. The molecule has 3 rings (SSSR count). The van der Waals surface area contributed by atoms with Crippen molar-refractivity contribution in [2.24, 2.45) is 0 Å². The molecule has 0 aliphatic rings. The number of amides is 1. The van der Waals surface area contributed by atoms with Crippen LogP contribution in [0.5, 0.6) is 5.75 Å². The van der Waals surface area contributed by atoms with Crippen LogP contribution in [0.4, 0.5) is 5.13 Å². The second-order valence-electron chi connectivity index (χ2n) is 4.60. The van der Waals surface area contributed by atoms with Gasteiger partial charge in [-0.1, -0.05) is 17.4 Å². The van der Waals surface area contributed by atoms with E-state index >= 15 is 0 Å². The van der Waals surface area contributed by atoms with Gasteiger partial charge in [0.25, 0.3) is 0 Å². The van der Waals surface area contributed by atoms with Crippen molar-refractivity contribution in [2.45, 2.75) is 0 Å². The van der Waals surface area contributed by atoms with Gasteiger partial charge in [0, 0.05) is 17.2 Å². The molecule has 6 heteroatoms. The van der Waals surface area contributed by atoms with E-state index in [0.717, 1.165) is 21.1 Å². The van der Waals surface area contributed by atoms with Crippen molar-refractivity contribution in [1.29, 1.82) is 0 Å². The molecule has 0 unspecified atom stereocenters. The van der Waals surface area contributed by atoms with Crippen molar-refractivity contribution in [3.8, 4) is 16.2 Å². The van der Waals surface area contributed by atoms with E-state index < -0.39 is 0 Å². The fraction of sp³-hybridized carbons (Fsp3) is 0.0588. The predicted molar refractivity (Wildman–Crippen MR) is 96.1 cm³/mol. The maximum Gasteiger partial charge on any atom is 0.250 e. The molecule has 23 heavy (non-hydrogen) atoms. The number of methoxy groups -OCH3 is 1. The highest BCUT2D eigenvalue weighted by molar-refractivity contribution is 7.19. The Morgan fingerprint density at radius 2 is 2.09 bits per heavy atom. The highest BCUT2D eigenvalue weighted by atomic mass is 32.1. The molecular formula is C17H14N2O2S2. The van der Waals surface area contributed by atoms with Gasteiger partial charge < -0.3 is 4.74 Å². The minimum atomic E-state index is -0.186. The van der Waals surface area contributed by atoms with E-state index in [2.05, 4.69) is 10.3 Å². The van der Waals surface area contributed by atoms with Gasteiger partial charge in [-0.3, -0.25) is 10.1 Å². The first-order valence-electron chi connectivity index (χ1n) is 6.87. The second kappa shape index (κ2) is 7.21. The topological polar surface area (TPSA) is 51.2 Å². The summed E-state index contributed by atoms with van der Waals surface area (Å²) in [6, 6.07) is 11.6. The van der Waals surface area contributed by atoms with Crippen molar-refractivity contribution in [1.82, 2.24) is 4.98 Å². The average Bonchev–Trinajstić information content (AvgIpc) is 3.25. The number of ether oxygens (including phenoxy) is 1. The zero-order valence-corrected chi connectivity index (χ0v) is 14.0. The van der Waals surface area contributed by atoms with Crippen LogP contribution in [-0.2, 0) is 4.79 Å². The van der Waals surface area contributed by atoms with Crippen molar-refractivity contribution in [2.75, 3.05) is 12.4 Å². The van der Waals surface area contributed by atoms with Gasteiger partial charge in [0.15, 0.2) is 5.13 Å². The van der Waals surface area contributed by atoms with E-state index in [1.165, 1.54) is 17.4 Å². The summed E-state index contributed by atoms with van der Waals surface area (Å²) in [5.74, 6) is 0.625. The molecule has 1 N–H and O–H groups in total. The molecular weight excluding hydrogens is 328 g/mol. The zero-order chi connectivity index (χ0) is 16.1. The molecule has 1 aromatic carbocycles. The SMILES string of the molecule is COc1ccc(-c2cnc(NC(=O)/C=C/c3cccs3)s2)cc1. The Labute approximate surface area is 142 Å². The maximum absolute atomic E-state index is 11.9. The number of thiophene rings is 1. The van der Waals surface area contributed by atoms with Crippen LogP contribution in [0.15, 0.2) is 54.1 Å². The Morgan fingerprint density at radius 3 is 2.78 bits per heavy atom. The lowest BCUT2D eigenvalue weighted by molar-refractivity contribution is -0.111. The molecule has 0 spiro atoms. The van der Waals surface area contributed by atoms with E-state index in [1.807, 2.05) is 41.8 Å². The molecule has 1 amide bonds. The van der Waals surface area contributed by atoms with E-state index in [1.54, 1.807) is 30.7 Å². The zero-order valence-electron chi connectivity index (χ0n) is 12.4. The summed E-state index contributed by atoms with van der Waals surface area (Å²) in [4.78, 5) is 18.2. The number of thiazole rings is 1. The van der Waals surface area contributed by atoms with E-state index in [9.17, 15) is 4.79 Å². The van der Waals surface area contributed by atoms with Crippen LogP contribution in [-0.4, -0.2) is 18.0 Å². The number of nitrogens with one attached hydrogen (secondary N) is 1. The lowest BCUT2D eigenvalue weighted by Crippen LogP contribution is -2.06. The Kier molecular flexibility index (Phi) is 4.85. The number of aromatic nitrogens is 1. The lowest BCUT2D eigenvalue weighted by atomic mass is 10.2. The van der Waals surface area contributed by atoms with Crippen LogP contribution >= 0.6 is 22.7 Å². The monoisotopic (exact) mass is 342 g/mol. The number of benzene rings is 1. The van der Waals surface area contributed by atoms with Gasteiger partial charge >= 0.3 is 0 Å². The minimum Gasteiger partial charge on any atom is -0.497 e. The molecule has 0 saturated carbocycles. The van der Waals surface area contributed by atoms with Gasteiger partial charge in [-0.25, -0.2) is 4.98 Å². The highest BCUT2D eigenvalue weighted by Gasteiger charge is 2.06. The van der Waals surface area contributed by atoms with E-state index in [4.69, 9.17) is 4.74 Å². The molecule has 3 aromatic rings. The van der Waals surface area contributed by atoms with Crippen LogP contribution < -0.4 is 10.1 Å². The molecule has 0 atom stereocenters. The third-order valence-electron chi connectivity index (χ3n) is 3.05. The quantitative estimate of drug-likeness (QED) is 0.693. The van der Waals surface area contributed by atoms with Crippen LogP contribution in [0, 0.1) is 0 Å². The summed E-state index contributed by atoms with van der Waals surface area (Å²) in [5.41, 5.74) is 1.04. The first kappa shape index (κ1) is 15.5.